The van der Waals surface area contributed by atoms with E-state index in [0.29, 0.717) is 10.4 Å². The Hall–Kier alpha value is -2.79. The molecule has 5 nitrogen and oxygen atoms in total. The molecule has 3 N–H and O–H groups in total. The summed E-state index contributed by atoms with van der Waals surface area (Å²) in [5, 5.41) is 21.4. The Labute approximate surface area is 136 Å². The van der Waals surface area contributed by atoms with E-state index in [2.05, 4.69) is 5.32 Å². The number of rotatable bonds is 3. The monoisotopic (exact) mass is 328 g/mol. The molecule has 0 atom stereocenters. The average molecular weight is 329 g/mol. The van der Waals surface area contributed by atoms with Crippen molar-refractivity contribution in [3.8, 4) is 5.75 Å². The Morgan fingerprint density at radius 2 is 2.00 bits per heavy atom. The first-order chi connectivity index (χ1) is 11.1. The van der Waals surface area contributed by atoms with Crippen LogP contribution in [0.1, 0.15) is 15.9 Å². The summed E-state index contributed by atoms with van der Waals surface area (Å²) in [7, 11) is 0. The van der Waals surface area contributed by atoms with Gasteiger partial charge in [0, 0.05) is 17.0 Å². The fourth-order valence-corrected chi connectivity index (χ4v) is 2.43. The maximum Gasteiger partial charge on any atom is 0.257 e. The van der Waals surface area contributed by atoms with Crippen LogP contribution < -0.4 is 10.9 Å². The number of halogens is 1. The second-order valence-corrected chi connectivity index (χ2v) is 5.37. The maximum absolute atomic E-state index is 12.3. The van der Waals surface area contributed by atoms with Crippen molar-refractivity contribution in [3.63, 3.8) is 0 Å². The molecular formula is C17H13ClN2O3. The molecule has 0 aliphatic carbocycles. The summed E-state index contributed by atoms with van der Waals surface area (Å²) in [6, 6.07) is 13.5. The maximum atomic E-state index is 12.3. The van der Waals surface area contributed by atoms with Crippen molar-refractivity contribution in [2.24, 2.45) is 0 Å². The van der Waals surface area contributed by atoms with E-state index in [0.717, 1.165) is 5.56 Å². The summed E-state index contributed by atoms with van der Waals surface area (Å²) < 4.78 is 5.25. The van der Waals surface area contributed by atoms with Gasteiger partial charge in [0.2, 0.25) is 5.55 Å². The van der Waals surface area contributed by atoms with Crippen molar-refractivity contribution in [2.75, 3.05) is 0 Å². The number of carbonyl (C=O) groups excluding carboxylic acids is 1. The number of benzene rings is 2. The zero-order chi connectivity index (χ0) is 16.4. The van der Waals surface area contributed by atoms with Crippen LogP contribution in [0.5, 0.6) is 5.75 Å². The second kappa shape index (κ2) is 6.14. The van der Waals surface area contributed by atoms with Crippen LogP contribution in [0.4, 0.5) is 0 Å². The number of phenols is 1. The molecule has 0 spiro atoms. The van der Waals surface area contributed by atoms with E-state index >= 15 is 0 Å². The average Bonchev–Trinajstić information content (AvgIpc) is 2.54. The van der Waals surface area contributed by atoms with E-state index in [1.807, 2.05) is 18.2 Å². The van der Waals surface area contributed by atoms with Crippen molar-refractivity contribution in [3.05, 3.63) is 70.2 Å². The highest BCUT2D eigenvalue weighted by atomic mass is 35.5. The third-order valence-corrected chi connectivity index (χ3v) is 3.78. The molecule has 0 aliphatic heterocycles. The van der Waals surface area contributed by atoms with E-state index < -0.39 is 5.91 Å². The minimum absolute atomic E-state index is 0.0703. The molecule has 0 saturated heterocycles. The van der Waals surface area contributed by atoms with Gasteiger partial charge in [-0.05, 0) is 23.8 Å². The summed E-state index contributed by atoms with van der Waals surface area (Å²) in [4.78, 5) is 12.3. The molecule has 3 rings (SSSR count). The number of aromatic hydroxyl groups is 1. The predicted molar refractivity (Wildman–Crippen MR) is 86.4 cm³/mol. The van der Waals surface area contributed by atoms with E-state index in [1.165, 1.54) is 12.1 Å². The van der Waals surface area contributed by atoms with Gasteiger partial charge in [0.25, 0.3) is 5.91 Å². The second-order valence-electron chi connectivity index (χ2n) is 4.96. The summed E-state index contributed by atoms with van der Waals surface area (Å²) in [6.45, 7) is 0.246. The van der Waals surface area contributed by atoms with Crippen molar-refractivity contribution < 1.29 is 14.3 Å². The number of hydrogen-bond donors (Lipinski definition) is 3. The smallest absolute Gasteiger partial charge is 0.257 e. The summed E-state index contributed by atoms with van der Waals surface area (Å²) in [6.07, 6.45) is 0. The van der Waals surface area contributed by atoms with Gasteiger partial charge in [0.15, 0.2) is 11.3 Å². The summed E-state index contributed by atoms with van der Waals surface area (Å²) in [5.41, 5.74) is 0.746. The largest absolute Gasteiger partial charge is 0.504 e. The van der Waals surface area contributed by atoms with Crippen molar-refractivity contribution >= 4 is 28.5 Å². The van der Waals surface area contributed by atoms with Gasteiger partial charge >= 0.3 is 0 Å². The van der Waals surface area contributed by atoms with Crippen LogP contribution >= 0.6 is 11.6 Å². The lowest BCUT2D eigenvalue weighted by atomic mass is 10.1. The van der Waals surface area contributed by atoms with Crippen LogP contribution in [0, 0.1) is 5.41 Å². The molecule has 3 aromatic rings. The number of phenolic OH excluding ortho intramolecular Hbond substituents is 1. The van der Waals surface area contributed by atoms with E-state index in [-0.39, 0.29) is 29.0 Å². The SMILES string of the molecule is N=c1oc2c(O)cccc2cc1C(=O)NCc1ccccc1Cl. The third-order valence-electron chi connectivity index (χ3n) is 3.42. The molecule has 1 heterocycles. The van der Waals surface area contributed by atoms with Gasteiger partial charge in [-0.3, -0.25) is 10.2 Å². The number of carbonyl (C=O) groups is 1. The van der Waals surface area contributed by atoms with Crippen molar-refractivity contribution in [1.29, 1.82) is 5.41 Å². The number of hydrogen-bond acceptors (Lipinski definition) is 4. The first kappa shape index (κ1) is 15.1. The fraction of sp³-hybridized carbons (Fsp3) is 0.0588. The summed E-state index contributed by atoms with van der Waals surface area (Å²) in [5.74, 6) is -0.511. The molecule has 116 valence electrons. The first-order valence-corrected chi connectivity index (χ1v) is 7.26. The molecule has 0 unspecified atom stereocenters. The lowest BCUT2D eigenvalue weighted by Crippen LogP contribution is -2.28. The van der Waals surface area contributed by atoms with Crippen LogP contribution in [0.3, 0.4) is 0 Å². The van der Waals surface area contributed by atoms with Crippen LogP contribution in [0.15, 0.2) is 52.9 Å². The molecule has 23 heavy (non-hydrogen) atoms. The van der Waals surface area contributed by atoms with Crippen molar-refractivity contribution in [2.45, 2.75) is 6.54 Å². The Bertz CT molecular complexity index is 950. The van der Waals surface area contributed by atoms with Gasteiger partial charge in [0.05, 0.1) is 0 Å². The number of fused-ring (bicyclic) bond motifs is 1. The zero-order valence-electron chi connectivity index (χ0n) is 12.0. The lowest BCUT2D eigenvalue weighted by Gasteiger charge is -2.08. The number of nitrogens with one attached hydrogen (secondary N) is 2. The van der Waals surface area contributed by atoms with Gasteiger partial charge in [-0.15, -0.1) is 0 Å². The van der Waals surface area contributed by atoms with E-state index in [4.69, 9.17) is 21.4 Å². The minimum Gasteiger partial charge on any atom is -0.504 e. The molecule has 6 heteroatoms. The highest BCUT2D eigenvalue weighted by Crippen LogP contribution is 2.23. The first-order valence-electron chi connectivity index (χ1n) is 6.88. The zero-order valence-corrected chi connectivity index (χ0v) is 12.7. The van der Waals surface area contributed by atoms with Gasteiger partial charge in [0.1, 0.15) is 5.56 Å². The third kappa shape index (κ3) is 3.05. The lowest BCUT2D eigenvalue weighted by molar-refractivity contribution is 0.0946. The topological polar surface area (TPSA) is 86.3 Å². The fourth-order valence-electron chi connectivity index (χ4n) is 2.23. The van der Waals surface area contributed by atoms with Gasteiger partial charge in [-0.2, -0.15) is 0 Å². The minimum atomic E-state index is -0.441. The van der Waals surface area contributed by atoms with Gasteiger partial charge < -0.3 is 14.8 Å². The molecule has 1 amide bonds. The Morgan fingerprint density at radius 1 is 1.22 bits per heavy atom. The standard InChI is InChI=1S/C17H13ClN2O3/c18-13-6-2-1-4-11(13)9-20-17(22)12-8-10-5-3-7-14(21)15(10)23-16(12)19/h1-8,19,21H,9H2,(H,20,22). The van der Waals surface area contributed by atoms with Gasteiger partial charge in [-0.25, -0.2) is 0 Å². The van der Waals surface area contributed by atoms with Crippen LogP contribution in [-0.2, 0) is 6.54 Å². The Balaban J connectivity index is 1.88. The van der Waals surface area contributed by atoms with Crippen LogP contribution in [0.2, 0.25) is 5.02 Å². The highest BCUT2D eigenvalue weighted by molar-refractivity contribution is 6.31. The highest BCUT2D eigenvalue weighted by Gasteiger charge is 2.13. The molecule has 2 aromatic carbocycles. The Kier molecular flexibility index (Phi) is 4.04. The normalized spacial score (nSPS) is 10.7. The van der Waals surface area contributed by atoms with Crippen molar-refractivity contribution in [1.82, 2.24) is 5.32 Å². The number of para-hydroxylation sites is 1. The van der Waals surface area contributed by atoms with Gasteiger partial charge in [-0.1, -0.05) is 41.9 Å². The Morgan fingerprint density at radius 3 is 2.78 bits per heavy atom. The molecule has 0 aliphatic rings. The quantitative estimate of drug-likeness (QED) is 0.690. The van der Waals surface area contributed by atoms with Crippen LogP contribution in [-0.4, -0.2) is 11.0 Å². The molecule has 0 radical (unpaired) electrons. The molecule has 0 saturated carbocycles. The number of amides is 1. The molecule has 1 aromatic heterocycles. The van der Waals surface area contributed by atoms with E-state index in [1.54, 1.807) is 18.2 Å². The predicted octanol–water partition coefficient (Wildman–Crippen LogP) is 3.20. The molecule has 0 bridgehead atoms. The van der Waals surface area contributed by atoms with E-state index in [9.17, 15) is 9.90 Å². The summed E-state index contributed by atoms with van der Waals surface area (Å²) >= 11 is 6.05. The molecular weight excluding hydrogens is 316 g/mol. The molecule has 0 fully saturated rings. The van der Waals surface area contributed by atoms with Crippen LogP contribution in [0.25, 0.3) is 11.0 Å².